The van der Waals surface area contributed by atoms with Crippen LogP contribution in [0.4, 0.5) is 0 Å². The molecule has 2 fully saturated rings. The van der Waals surface area contributed by atoms with E-state index in [2.05, 4.69) is 0 Å². The molecule has 3 heterocycles. The summed E-state index contributed by atoms with van der Waals surface area (Å²) in [7, 11) is 0. The Kier molecular flexibility index (Phi) is 6.92. The summed E-state index contributed by atoms with van der Waals surface area (Å²) in [5.41, 5.74) is 0.321. The van der Waals surface area contributed by atoms with Crippen LogP contribution in [0.15, 0.2) is 18.2 Å². The zero-order chi connectivity index (χ0) is 23.6. The number of esters is 1. The Morgan fingerprint density at radius 2 is 1.82 bits per heavy atom. The van der Waals surface area contributed by atoms with Gasteiger partial charge in [-0.05, 0) is 32.1 Å². The largest absolute Gasteiger partial charge is 0.507 e. The maximum atomic E-state index is 12.5. The first kappa shape index (κ1) is 23.5. The molecule has 0 radical (unpaired) electrons. The highest BCUT2D eigenvalue weighted by atomic mass is 16.6. The van der Waals surface area contributed by atoms with Gasteiger partial charge >= 0.3 is 5.97 Å². The molecule has 9 heteroatoms. The molecule has 0 saturated carbocycles. The van der Waals surface area contributed by atoms with Crippen LogP contribution in [0.1, 0.15) is 37.9 Å². The minimum absolute atomic E-state index is 0.0372. The molecule has 1 aromatic rings. The number of morpholine rings is 2. The van der Waals surface area contributed by atoms with Crippen molar-refractivity contribution in [1.29, 1.82) is 0 Å². The molecule has 1 aromatic carbocycles. The van der Waals surface area contributed by atoms with Crippen molar-refractivity contribution >= 4 is 18.0 Å². The predicted octanol–water partition coefficient (Wildman–Crippen LogP) is 0.323. The number of hydrogen-bond acceptors (Lipinski definition) is 7. The van der Waals surface area contributed by atoms with Crippen molar-refractivity contribution in [3.8, 4) is 11.5 Å². The number of nitrogens with zero attached hydrogens (tertiary/aromatic N) is 1. The minimum Gasteiger partial charge on any atom is -0.507 e. The van der Waals surface area contributed by atoms with E-state index in [1.807, 2.05) is 19.9 Å². The fourth-order valence-corrected chi connectivity index (χ4v) is 4.83. The first-order valence-electron chi connectivity index (χ1n) is 11.5. The highest BCUT2D eigenvalue weighted by molar-refractivity contribution is 5.92. The van der Waals surface area contributed by atoms with Gasteiger partial charge in [0.1, 0.15) is 30.2 Å². The van der Waals surface area contributed by atoms with Gasteiger partial charge in [-0.3, -0.25) is 9.59 Å². The summed E-state index contributed by atoms with van der Waals surface area (Å²) in [6.45, 7) is 9.92. The smallest absolute Gasteiger partial charge is 0.303 e. The molecule has 0 spiro atoms. The summed E-state index contributed by atoms with van der Waals surface area (Å²) in [5, 5.41) is 11.3. The Labute approximate surface area is 193 Å². The molecule has 0 aromatic heterocycles. The van der Waals surface area contributed by atoms with Crippen LogP contribution >= 0.6 is 0 Å². The summed E-state index contributed by atoms with van der Waals surface area (Å²) >= 11 is 0. The van der Waals surface area contributed by atoms with Crippen molar-refractivity contribution in [1.82, 2.24) is 4.90 Å². The molecule has 0 aliphatic carbocycles. The Hall–Kier alpha value is -2.62. The average Bonchev–Trinajstić information content (AvgIpc) is 2.80. The van der Waals surface area contributed by atoms with Gasteiger partial charge in [0.25, 0.3) is 0 Å². The molecule has 3 aliphatic rings. The molecule has 3 aliphatic heterocycles. The van der Waals surface area contributed by atoms with Crippen LogP contribution in [0, 0.1) is 0 Å². The molecule has 0 bridgehead atoms. The summed E-state index contributed by atoms with van der Waals surface area (Å²) in [4.78, 5) is 27.4. The van der Waals surface area contributed by atoms with Crippen LogP contribution < -0.4 is 9.64 Å². The number of rotatable bonds is 4. The van der Waals surface area contributed by atoms with Gasteiger partial charge in [0, 0.05) is 31.7 Å². The fraction of sp³-hybridized carbons (Fsp3) is 0.583. The number of benzene rings is 1. The maximum absolute atomic E-state index is 12.5. The fourth-order valence-electron chi connectivity index (χ4n) is 4.83. The number of aromatic hydroxyl groups is 1. The molecule has 4 rings (SSSR count). The lowest BCUT2D eigenvalue weighted by Gasteiger charge is -2.46. The highest BCUT2D eigenvalue weighted by Gasteiger charge is 2.52. The Balaban J connectivity index is 1.70. The second-order valence-corrected chi connectivity index (χ2v) is 9.17. The molecular formula is C24H33N2O7+. The number of quaternary nitrogens is 1. The minimum atomic E-state index is -0.787. The predicted molar refractivity (Wildman–Crippen MR) is 119 cm³/mol. The summed E-state index contributed by atoms with van der Waals surface area (Å²) in [6.07, 6.45) is 2.50. The van der Waals surface area contributed by atoms with E-state index in [9.17, 15) is 14.7 Å². The van der Waals surface area contributed by atoms with Crippen LogP contribution in [-0.2, 0) is 23.8 Å². The molecule has 9 nitrogen and oxygen atoms in total. The topological polar surface area (TPSA) is 99.0 Å². The number of phenols is 1. The second-order valence-electron chi connectivity index (χ2n) is 9.17. The standard InChI is InChI=1S/C24H32N2O7/c1-16(27)32-23-21(26-10-14-31-15-11-26)20-18(33-24(23,2)3)6-4-17(22(20)29)5-7-19(28)25-8-12-30-13-9-25/h4-7,21,23,29H,8-15H2,1-3H3/p+1/b7-5+/t21-,23+/m1/s1. The van der Waals surface area contributed by atoms with Crippen molar-refractivity contribution in [2.75, 3.05) is 52.6 Å². The molecule has 2 saturated heterocycles. The third kappa shape index (κ3) is 5.00. The monoisotopic (exact) mass is 461 g/mol. The number of nitrogens with one attached hydrogen (secondary N) is 1. The lowest BCUT2D eigenvalue weighted by atomic mass is 9.83. The van der Waals surface area contributed by atoms with Crippen molar-refractivity contribution in [3.63, 3.8) is 0 Å². The van der Waals surface area contributed by atoms with Gasteiger partial charge in [-0.1, -0.05) is 0 Å². The van der Waals surface area contributed by atoms with Crippen molar-refractivity contribution in [3.05, 3.63) is 29.3 Å². The number of fused-ring (bicyclic) bond motifs is 1. The van der Waals surface area contributed by atoms with Crippen molar-refractivity contribution in [2.45, 2.75) is 38.5 Å². The molecule has 2 atom stereocenters. The number of hydrogen-bond donors (Lipinski definition) is 2. The average molecular weight is 462 g/mol. The first-order chi connectivity index (χ1) is 15.8. The van der Waals surface area contributed by atoms with Crippen LogP contribution in [0.5, 0.6) is 11.5 Å². The van der Waals surface area contributed by atoms with Gasteiger partial charge in [-0.15, -0.1) is 0 Å². The normalized spacial score (nSPS) is 25.4. The quantitative estimate of drug-likeness (QED) is 0.492. The molecular weight excluding hydrogens is 428 g/mol. The summed E-state index contributed by atoms with van der Waals surface area (Å²) in [6, 6.07) is 3.22. The number of ether oxygens (including phenoxy) is 4. The van der Waals surface area contributed by atoms with Crippen molar-refractivity contribution in [2.24, 2.45) is 0 Å². The van der Waals surface area contributed by atoms with E-state index >= 15 is 0 Å². The molecule has 2 N–H and O–H groups in total. The van der Waals surface area contributed by atoms with Crippen LogP contribution in [-0.4, -0.2) is 86.2 Å². The summed E-state index contributed by atoms with van der Waals surface area (Å²) < 4.78 is 22.8. The van der Waals surface area contributed by atoms with E-state index in [0.29, 0.717) is 69.5 Å². The SMILES string of the molecule is CC(=O)O[C@H]1[C@H]([NH+]2CCOCC2)c2c(ccc(/C=C/C(=O)N3CCOCC3)c2O)OC1(C)C. The zero-order valence-corrected chi connectivity index (χ0v) is 19.5. The van der Waals surface area contributed by atoms with Crippen LogP contribution in [0.3, 0.4) is 0 Å². The van der Waals surface area contributed by atoms with Crippen molar-refractivity contribution < 1.29 is 38.5 Å². The maximum Gasteiger partial charge on any atom is 0.303 e. The Bertz CT molecular complexity index is 918. The number of amides is 1. The van der Waals surface area contributed by atoms with Crippen LogP contribution in [0.25, 0.3) is 6.08 Å². The third-order valence-corrected chi connectivity index (χ3v) is 6.48. The van der Waals surface area contributed by atoms with Gasteiger partial charge in [-0.2, -0.15) is 0 Å². The Morgan fingerprint density at radius 3 is 2.48 bits per heavy atom. The molecule has 33 heavy (non-hydrogen) atoms. The van der Waals surface area contributed by atoms with E-state index in [4.69, 9.17) is 18.9 Å². The highest BCUT2D eigenvalue weighted by Crippen LogP contribution is 2.45. The van der Waals surface area contributed by atoms with Gasteiger partial charge in [-0.25, -0.2) is 0 Å². The summed E-state index contributed by atoms with van der Waals surface area (Å²) in [5.74, 6) is 0.0714. The number of phenolic OH excluding ortho intramolecular Hbond substituents is 1. The van der Waals surface area contributed by atoms with Gasteiger partial charge < -0.3 is 33.9 Å². The van der Waals surface area contributed by atoms with E-state index < -0.39 is 17.7 Å². The first-order valence-corrected chi connectivity index (χ1v) is 11.5. The molecule has 180 valence electrons. The van der Waals surface area contributed by atoms with E-state index in [1.54, 1.807) is 17.0 Å². The van der Waals surface area contributed by atoms with E-state index in [-0.39, 0.29) is 17.7 Å². The second kappa shape index (κ2) is 9.70. The lowest BCUT2D eigenvalue weighted by molar-refractivity contribution is -0.944. The third-order valence-electron chi connectivity index (χ3n) is 6.48. The zero-order valence-electron chi connectivity index (χ0n) is 19.5. The number of carbonyl (C=O) groups excluding carboxylic acids is 2. The van der Waals surface area contributed by atoms with Crippen LogP contribution in [0.2, 0.25) is 0 Å². The molecule has 0 unspecified atom stereocenters. The van der Waals surface area contributed by atoms with Gasteiger partial charge in [0.2, 0.25) is 5.91 Å². The van der Waals surface area contributed by atoms with Gasteiger partial charge in [0.15, 0.2) is 12.1 Å². The Morgan fingerprint density at radius 1 is 1.15 bits per heavy atom. The van der Waals surface area contributed by atoms with E-state index in [0.717, 1.165) is 4.90 Å². The molecule has 1 amide bonds. The van der Waals surface area contributed by atoms with Gasteiger partial charge in [0.05, 0.1) is 32.0 Å². The lowest BCUT2D eigenvalue weighted by Crippen LogP contribution is -3.16. The van der Waals surface area contributed by atoms with E-state index in [1.165, 1.54) is 13.0 Å². The number of carbonyl (C=O) groups is 2.